The van der Waals surface area contributed by atoms with E-state index in [0.29, 0.717) is 0 Å². The number of hydrogen-bond acceptors (Lipinski definition) is 2. The van der Waals surface area contributed by atoms with Crippen LogP contribution in [0.25, 0.3) is 22.3 Å². The molecule has 0 saturated carbocycles. The quantitative estimate of drug-likeness (QED) is 0.314. The molecule has 0 aromatic heterocycles. The summed E-state index contributed by atoms with van der Waals surface area (Å²) in [5, 5.41) is 0. The molecule has 2 aliphatic carbocycles. The van der Waals surface area contributed by atoms with Gasteiger partial charge >= 0.3 is 0 Å². The van der Waals surface area contributed by atoms with Crippen molar-refractivity contribution in [2.45, 2.75) is 80.1 Å². The van der Waals surface area contributed by atoms with Crippen molar-refractivity contribution in [2.24, 2.45) is 0 Å². The molecule has 0 fully saturated rings. The molecule has 40 heavy (non-hydrogen) atoms. The number of benzene rings is 3. The second-order valence-corrected chi connectivity index (χ2v) is 12.3. The first-order valence-electron chi connectivity index (χ1n) is 14.6. The Morgan fingerprint density at radius 3 is 1.10 bits per heavy atom. The van der Waals surface area contributed by atoms with Gasteiger partial charge in [0.1, 0.15) is 0 Å². The van der Waals surface area contributed by atoms with Crippen LogP contribution in [0.2, 0.25) is 0 Å². The minimum atomic E-state index is -0.0899. The lowest BCUT2D eigenvalue weighted by Gasteiger charge is -2.25. The number of allylic oxidation sites excluding steroid dienone is 4. The van der Waals surface area contributed by atoms with Gasteiger partial charge in [0.05, 0.1) is 0 Å². The summed E-state index contributed by atoms with van der Waals surface area (Å²) in [4.78, 5) is 4.44. The number of fused-ring (bicyclic) bond motifs is 6. The van der Waals surface area contributed by atoms with E-state index in [4.69, 9.17) is 0 Å². The van der Waals surface area contributed by atoms with Crippen molar-refractivity contribution in [3.05, 3.63) is 119 Å². The third-order valence-corrected chi connectivity index (χ3v) is 8.87. The molecule has 0 radical (unpaired) electrons. The lowest BCUT2D eigenvalue weighted by Crippen LogP contribution is -2.18. The molecule has 0 bridgehead atoms. The standard InChI is InChI=1S/C38H44N2/c1-11-15-39(16-12-2)27-19-25(5)35-29-23-32-30(24-31(29)37(7,8)33(35)21-27)36-26(6)20-28(22-34(36)38(32,9)10)40(17-13-3)18-14-4/h11-24H,1-10H3/b15-11+,16-12+,17-13+,18-14+. The molecular weight excluding hydrogens is 484 g/mol. The van der Waals surface area contributed by atoms with Crippen molar-refractivity contribution in [2.75, 3.05) is 9.80 Å². The van der Waals surface area contributed by atoms with Crippen LogP contribution in [0.4, 0.5) is 11.4 Å². The smallest absolute Gasteiger partial charge is 0.0455 e. The Labute approximate surface area is 242 Å². The average Bonchev–Trinajstić information content (AvgIpc) is 3.27. The molecule has 0 aliphatic heterocycles. The molecule has 0 spiro atoms. The Hall–Kier alpha value is -3.78. The number of aryl methyl sites for hydroxylation is 2. The monoisotopic (exact) mass is 528 g/mol. The first-order valence-corrected chi connectivity index (χ1v) is 14.6. The Kier molecular flexibility index (Phi) is 6.94. The van der Waals surface area contributed by atoms with E-state index in [1.54, 1.807) is 0 Å². The summed E-state index contributed by atoms with van der Waals surface area (Å²) in [7, 11) is 0. The highest BCUT2D eigenvalue weighted by atomic mass is 15.1. The molecule has 2 aliphatic rings. The minimum absolute atomic E-state index is 0.0899. The highest BCUT2D eigenvalue weighted by Gasteiger charge is 2.43. The van der Waals surface area contributed by atoms with Crippen molar-refractivity contribution in [1.29, 1.82) is 0 Å². The molecule has 0 saturated heterocycles. The van der Waals surface area contributed by atoms with Crippen LogP contribution in [0.15, 0.2) is 85.5 Å². The van der Waals surface area contributed by atoms with Crippen LogP contribution in [0.3, 0.4) is 0 Å². The third kappa shape index (κ3) is 4.08. The van der Waals surface area contributed by atoms with E-state index in [1.807, 2.05) is 0 Å². The maximum atomic E-state index is 2.52. The SMILES string of the molecule is C/C=C/N(/C=C/C)c1cc(C)c2c(c1)C(C)(C)c1cc3c(cc1-2)C(C)(C)c1cc(N(/C=C/C)/C=C/C)cc(C)c1-3. The first-order chi connectivity index (χ1) is 19.0. The highest BCUT2D eigenvalue weighted by molar-refractivity contribution is 5.93. The van der Waals surface area contributed by atoms with E-state index in [9.17, 15) is 0 Å². The second-order valence-electron chi connectivity index (χ2n) is 12.3. The molecular formula is C38H44N2. The maximum Gasteiger partial charge on any atom is 0.0455 e. The van der Waals surface area contributed by atoms with E-state index in [2.05, 4.69) is 165 Å². The van der Waals surface area contributed by atoms with Crippen LogP contribution in [-0.4, -0.2) is 0 Å². The summed E-state index contributed by atoms with van der Waals surface area (Å²) < 4.78 is 0. The van der Waals surface area contributed by atoms with Crippen molar-refractivity contribution in [3.8, 4) is 22.3 Å². The number of nitrogens with zero attached hydrogens (tertiary/aromatic N) is 2. The van der Waals surface area contributed by atoms with Gasteiger partial charge < -0.3 is 9.80 Å². The van der Waals surface area contributed by atoms with Crippen molar-refractivity contribution in [3.63, 3.8) is 0 Å². The van der Waals surface area contributed by atoms with Gasteiger partial charge in [-0.25, -0.2) is 0 Å². The van der Waals surface area contributed by atoms with Gasteiger partial charge in [0.15, 0.2) is 0 Å². The van der Waals surface area contributed by atoms with Gasteiger partial charge in [0.2, 0.25) is 0 Å². The number of hydrogen-bond donors (Lipinski definition) is 0. The zero-order valence-electron chi connectivity index (χ0n) is 26.0. The minimum Gasteiger partial charge on any atom is -0.325 e. The summed E-state index contributed by atoms with van der Waals surface area (Å²) in [6.45, 7) is 22.4. The maximum absolute atomic E-state index is 2.52. The molecule has 206 valence electrons. The van der Waals surface area contributed by atoms with Crippen LogP contribution < -0.4 is 9.80 Å². The molecule has 0 N–H and O–H groups in total. The van der Waals surface area contributed by atoms with Gasteiger partial charge in [-0.05, 0) is 134 Å². The summed E-state index contributed by atoms with van der Waals surface area (Å²) in [6.07, 6.45) is 16.9. The van der Waals surface area contributed by atoms with Gasteiger partial charge in [0.25, 0.3) is 0 Å². The van der Waals surface area contributed by atoms with Crippen LogP contribution >= 0.6 is 0 Å². The van der Waals surface area contributed by atoms with Gasteiger partial charge in [-0.3, -0.25) is 0 Å². The lowest BCUT2D eigenvalue weighted by molar-refractivity contribution is 0.652. The molecule has 0 amide bonds. The molecule has 3 aromatic rings. The summed E-state index contributed by atoms with van der Waals surface area (Å²) in [5.74, 6) is 0. The topological polar surface area (TPSA) is 6.48 Å². The largest absolute Gasteiger partial charge is 0.325 e. The van der Waals surface area contributed by atoms with Gasteiger partial charge in [0, 0.05) is 47.0 Å². The third-order valence-electron chi connectivity index (χ3n) is 8.87. The fraction of sp³-hybridized carbons (Fsp3) is 0.316. The van der Waals surface area contributed by atoms with E-state index < -0.39 is 0 Å². The Bertz CT molecular complexity index is 1460. The van der Waals surface area contributed by atoms with Gasteiger partial charge in [-0.2, -0.15) is 0 Å². The fourth-order valence-electron chi connectivity index (χ4n) is 6.96. The van der Waals surface area contributed by atoms with Crippen LogP contribution in [0.1, 0.15) is 88.8 Å². The van der Waals surface area contributed by atoms with Crippen LogP contribution in [-0.2, 0) is 10.8 Å². The lowest BCUT2D eigenvalue weighted by atomic mass is 9.79. The van der Waals surface area contributed by atoms with E-state index in [0.717, 1.165) is 0 Å². The van der Waals surface area contributed by atoms with Gasteiger partial charge in [-0.15, -0.1) is 0 Å². The molecule has 2 heteroatoms. The van der Waals surface area contributed by atoms with Crippen molar-refractivity contribution >= 4 is 11.4 Å². The first kappa shape index (κ1) is 27.8. The van der Waals surface area contributed by atoms with Crippen LogP contribution in [0, 0.1) is 13.8 Å². The van der Waals surface area contributed by atoms with E-state index in [-0.39, 0.29) is 10.8 Å². The van der Waals surface area contributed by atoms with E-state index >= 15 is 0 Å². The summed E-state index contributed by atoms with van der Waals surface area (Å²) >= 11 is 0. The predicted octanol–water partition coefficient (Wildman–Crippen LogP) is 10.7. The summed E-state index contributed by atoms with van der Waals surface area (Å²) in [5.41, 5.74) is 16.2. The Morgan fingerprint density at radius 1 is 0.475 bits per heavy atom. The van der Waals surface area contributed by atoms with Gasteiger partial charge in [-0.1, -0.05) is 52.0 Å². The zero-order valence-corrected chi connectivity index (χ0v) is 26.0. The molecule has 3 aromatic carbocycles. The normalized spacial score (nSPS) is 16.2. The predicted molar refractivity (Wildman–Crippen MR) is 175 cm³/mol. The molecule has 0 heterocycles. The van der Waals surface area contributed by atoms with E-state index in [1.165, 1.54) is 67.0 Å². The van der Waals surface area contributed by atoms with Crippen molar-refractivity contribution < 1.29 is 0 Å². The zero-order chi connectivity index (χ0) is 29.0. The Morgan fingerprint density at radius 2 is 0.800 bits per heavy atom. The molecule has 0 unspecified atom stereocenters. The Balaban J connectivity index is 1.71. The average molecular weight is 529 g/mol. The molecule has 0 atom stereocenters. The number of rotatable bonds is 6. The van der Waals surface area contributed by atoms with Crippen molar-refractivity contribution in [1.82, 2.24) is 0 Å². The number of anilines is 2. The highest BCUT2D eigenvalue weighted by Crippen LogP contribution is 2.58. The fourth-order valence-corrected chi connectivity index (χ4v) is 6.96. The van der Waals surface area contributed by atoms with Crippen LogP contribution in [0.5, 0.6) is 0 Å². The molecule has 5 rings (SSSR count). The molecule has 2 nitrogen and oxygen atoms in total. The summed E-state index contributed by atoms with van der Waals surface area (Å²) in [6, 6.07) is 14.5. The second kappa shape index (κ2) is 10.0.